The zero-order valence-electron chi connectivity index (χ0n) is 10.4. The van der Waals surface area contributed by atoms with Crippen molar-refractivity contribution >= 4 is 16.3 Å². The third-order valence-corrected chi connectivity index (χ3v) is 4.64. The highest BCUT2D eigenvalue weighted by Gasteiger charge is 2.21. The third kappa shape index (κ3) is 2.27. The molecule has 1 aliphatic carbocycles. The summed E-state index contributed by atoms with van der Waals surface area (Å²) in [6.07, 6.45) is 6.51. The van der Waals surface area contributed by atoms with Gasteiger partial charge < -0.3 is 5.73 Å². The molecule has 1 aromatic heterocycles. The maximum Gasteiger partial charge on any atom is 0.125 e. The second kappa shape index (κ2) is 5.11. The van der Waals surface area contributed by atoms with Gasteiger partial charge >= 0.3 is 0 Å². The fraction of sp³-hybridized carbons (Fsp3) is 0.400. The Balaban J connectivity index is 1.91. The molecule has 18 heavy (non-hydrogen) atoms. The summed E-state index contributed by atoms with van der Waals surface area (Å²) in [7, 11) is 0. The quantitative estimate of drug-likeness (QED) is 0.865. The largest absolute Gasteiger partial charge is 0.389 e. The van der Waals surface area contributed by atoms with Crippen LogP contribution in [0.25, 0.3) is 10.6 Å². The Morgan fingerprint density at radius 3 is 2.50 bits per heavy atom. The van der Waals surface area contributed by atoms with E-state index in [1.54, 1.807) is 11.3 Å². The first-order valence-corrected chi connectivity index (χ1v) is 7.48. The Hall–Kier alpha value is -1.35. The van der Waals surface area contributed by atoms with Gasteiger partial charge in [-0.15, -0.1) is 0 Å². The van der Waals surface area contributed by atoms with Crippen LogP contribution in [0.3, 0.4) is 0 Å². The molecule has 0 saturated heterocycles. The Kier molecular flexibility index (Phi) is 3.33. The van der Waals surface area contributed by atoms with Crippen LogP contribution in [0.4, 0.5) is 5.00 Å². The van der Waals surface area contributed by atoms with Crippen LogP contribution in [0.5, 0.6) is 0 Å². The molecule has 0 spiro atoms. The Bertz CT molecular complexity index is 513. The third-order valence-electron chi connectivity index (χ3n) is 3.69. The molecule has 2 N–H and O–H groups in total. The van der Waals surface area contributed by atoms with Gasteiger partial charge in [-0.1, -0.05) is 60.9 Å². The van der Waals surface area contributed by atoms with Crippen LogP contribution >= 0.6 is 11.3 Å². The maximum absolute atomic E-state index is 6.17. The molecule has 94 valence electrons. The fourth-order valence-corrected chi connectivity index (χ4v) is 3.64. The minimum Gasteiger partial charge on any atom is -0.389 e. The number of hydrogen-bond donors (Lipinski definition) is 1. The highest BCUT2D eigenvalue weighted by atomic mass is 32.1. The molecular formula is C15H18N2S. The van der Waals surface area contributed by atoms with E-state index in [-0.39, 0.29) is 0 Å². The summed E-state index contributed by atoms with van der Waals surface area (Å²) in [5, 5.41) is 1.98. The van der Waals surface area contributed by atoms with Crippen molar-refractivity contribution in [3.8, 4) is 10.6 Å². The van der Waals surface area contributed by atoms with E-state index in [1.807, 2.05) is 18.2 Å². The van der Waals surface area contributed by atoms with Crippen LogP contribution in [0.1, 0.15) is 43.7 Å². The molecule has 2 nitrogen and oxygen atoms in total. The average molecular weight is 258 g/mol. The van der Waals surface area contributed by atoms with Crippen molar-refractivity contribution in [2.75, 3.05) is 5.73 Å². The van der Waals surface area contributed by atoms with Gasteiger partial charge in [0.1, 0.15) is 10.0 Å². The summed E-state index contributed by atoms with van der Waals surface area (Å²) >= 11 is 1.63. The summed E-state index contributed by atoms with van der Waals surface area (Å²) in [6, 6.07) is 10.3. The van der Waals surface area contributed by atoms with Gasteiger partial charge in [0, 0.05) is 11.5 Å². The Morgan fingerprint density at radius 1 is 1.06 bits per heavy atom. The molecule has 1 heterocycles. The molecule has 0 amide bonds. The van der Waals surface area contributed by atoms with Gasteiger partial charge in [-0.3, -0.25) is 0 Å². The summed E-state index contributed by atoms with van der Waals surface area (Å²) in [4.78, 5) is 4.80. The minimum absolute atomic E-state index is 0.590. The molecule has 0 aliphatic heterocycles. The van der Waals surface area contributed by atoms with E-state index in [0.29, 0.717) is 5.92 Å². The number of nitrogen functional groups attached to an aromatic ring is 1. The molecule has 1 aromatic carbocycles. The van der Waals surface area contributed by atoms with E-state index in [2.05, 4.69) is 12.1 Å². The summed E-state index contributed by atoms with van der Waals surface area (Å²) < 4.78 is 0. The van der Waals surface area contributed by atoms with Gasteiger partial charge in [-0.25, -0.2) is 4.98 Å². The lowest BCUT2D eigenvalue weighted by Crippen LogP contribution is -2.06. The zero-order chi connectivity index (χ0) is 12.4. The second-order valence-corrected chi connectivity index (χ2v) is 6.00. The van der Waals surface area contributed by atoms with Crippen LogP contribution in [-0.4, -0.2) is 4.98 Å². The summed E-state index contributed by atoms with van der Waals surface area (Å²) in [5.74, 6) is 0.590. The molecular weight excluding hydrogens is 240 g/mol. The lowest BCUT2D eigenvalue weighted by molar-refractivity contribution is 0.439. The van der Waals surface area contributed by atoms with Crippen molar-refractivity contribution in [1.29, 1.82) is 0 Å². The number of nitrogens with zero attached hydrogens (tertiary/aromatic N) is 1. The highest BCUT2D eigenvalue weighted by Crippen LogP contribution is 2.39. The normalized spacial score (nSPS) is 16.9. The van der Waals surface area contributed by atoms with Crippen LogP contribution < -0.4 is 5.73 Å². The number of nitrogens with two attached hydrogens (primary N) is 1. The molecule has 1 saturated carbocycles. The lowest BCUT2D eigenvalue weighted by Gasteiger charge is -2.20. The second-order valence-electron chi connectivity index (χ2n) is 4.97. The lowest BCUT2D eigenvalue weighted by atomic mass is 9.87. The number of hydrogen-bond acceptors (Lipinski definition) is 3. The highest BCUT2D eigenvalue weighted by molar-refractivity contribution is 7.18. The molecule has 1 aliphatic rings. The van der Waals surface area contributed by atoms with Crippen molar-refractivity contribution in [3.63, 3.8) is 0 Å². The first-order chi connectivity index (χ1) is 8.84. The number of thiazole rings is 1. The van der Waals surface area contributed by atoms with E-state index in [0.717, 1.165) is 15.7 Å². The molecule has 3 rings (SSSR count). The van der Waals surface area contributed by atoms with E-state index in [1.165, 1.54) is 37.7 Å². The summed E-state index contributed by atoms with van der Waals surface area (Å²) in [6.45, 7) is 0. The van der Waals surface area contributed by atoms with Gasteiger partial charge in [0.25, 0.3) is 0 Å². The van der Waals surface area contributed by atoms with Crippen molar-refractivity contribution < 1.29 is 0 Å². The number of rotatable bonds is 2. The smallest absolute Gasteiger partial charge is 0.125 e. The van der Waals surface area contributed by atoms with E-state index >= 15 is 0 Å². The standard InChI is InChI=1S/C15H18N2S/c16-14-13(11-7-3-1-4-8-11)17-15(18-14)12-9-5-2-6-10-12/h2,5-6,9-11H,1,3-4,7-8,16H2. The molecule has 0 unspecified atom stereocenters. The van der Waals surface area contributed by atoms with Crippen LogP contribution in [0.15, 0.2) is 30.3 Å². The van der Waals surface area contributed by atoms with Crippen LogP contribution in [0.2, 0.25) is 0 Å². The van der Waals surface area contributed by atoms with Crippen molar-refractivity contribution in [1.82, 2.24) is 4.98 Å². The van der Waals surface area contributed by atoms with Crippen LogP contribution in [0, 0.1) is 0 Å². The Labute approximate surface area is 112 Å². The number of benzene rings is 1. The predicted octanol–water partition coefficient (Wildman–Crippen LogP) is 4.44. The average Bonchev–Trinajstić information content (AvgIpc) is 2.83. The molecule has 0 atom stereocenters. The van der Waals surface area contributed by atoms with Gasteiger partial charge in [0.2, 0.25) is 0 Å². The topological polar surface area (TPSA) is 38.9 Å². The van der Waals surface area contributed by atoms with Gasteiger partial charge in [0.05, 0.1) is 5.69 Å². The number of anilines is 1. The van der Waals surface area contributed by atoms with E-state index < -0.39 is 0 Å². The maximum atomic E-state index is 6.17. The first kappa shape index (κ1) is 11.7. The molecule has 2 aromatic rings. The van der Waals surface area contributed by atoms with Gasteiger partial charge in [-0.05, 0) is 12.8 Å². The molecule has 1 fully saturated rings. The minimum atomic E-state index is 0.590. The summed E-state index contributed by atoms with van der Waals surface area (Å²) in [5.41, 5.74) is 8.49. The zero-order valence-corrected chi connectivity index (χ0v) is 11.2. The van der Waals surface area contributed by atoms with Crippen molar-refractivity contribution in [3.05, 3.63) is 36.0 Å². The fourth-order valence-electron chi connectivity index (χ4n) is 2.72. The van der Waals surface area contributed by atoms with Gasteiger partial charge in [-0.2, -0.15) is 0 Å². The van der Waals surface area contributed by atoms with Gasteiger partial charge in [0.15, 0.2) is 0 Å². The van der Waals surface area contributed by atoms with Crippen molar-refractivity contribution in [2.24, 2.45) is 0 Å². The molecule has 0 radical (unpaired) electrons. The molecule has 0 bridgehead atoms. The van der Waals surface area contributed by atoms with E-state index in [9.17, 15) is 0 Å². The van der Waals surface area contributed by atoms with Crippen LogP contribution in [-0.2, 0) is 0 Å². The SMILES string of the molecule is Nc1sc(-c2ccccc2)nc1C1CCCCC1. The first-order valence-electron chi connectivity index (χ1n) is 6.66. The molecule has 3 heteroatoms. The Morgan fingerprint density at radius 2 is 1.78 bits per heavy atom. The van der Waals surface area contributed by atoms with Crippen molar-refractivity contribution in [2.45, 2.75) is 38.0 Å². The predicted molar refractivity (Wildman–Crippen MR) is 77.8 cm³/mol. The van der Waals surface area contributed by atoms with E-state index in [4.69, 9.17) is 10.7 Å². The monoisotopic (exact) mass is 258 g/mol. The number of aromatic nitrogens is 1.